The molecule has 0 aliphatic carbocycles. The molecule has 0 saturated carbocycles. The Labute approximate surface area is 60.0 Å². The largest absolute Gasteiger partial charge is 0.462 e. The van der Waals surface area contributed by atoms with Gasteiger partial charge in [-0.3, -0.25) is 4.79 Å². The highest BCUT2D eigenvalue weighted by Gasteiger charge is 2.18. The first kappa shape index (κ1) is 7.54. The van der Waals surface area contributed by atoms with Crippen LogP contribution in [0, 0.1) is 0 Å². The number of cyclic esters (lactones) is 1. The smallest absolute Gasteiger partial charge is 0.306 e. The molecule has 10 heavy (non-hydrogen) atoms. The standard InChI is InChI=1S/C7H12O3/c8-5-4-6-2-1-3-7(9)10-6/h6,8H,1-5H2. The van der Waals surface area contributed by atoms with Gasteiger partial charge in [-0.1, -0.05) is 0 Å². The summed E-state index contributed by atoms with van der Waals surface area (Å²) in [6, 6.07) is 0. The van der Waals surface area contributed by atoms with Gasteiger partial charge in [-0.15, -0.1) is 0 Å². The third-order valence-electron chi connectivity index (χ3n) is 1.66. The molecule has 0 radical (unpaired) electrons. The van der Waals surface area contributed by atoms with Crippen LogP contribution in [0.25, 0.3) is 0 Å². The van der Waals surface area contributed by atoms with Gasteiger partial charge < -0.3 is 9.84 Å². The Kier molecular flexibility index (Phi) is 2.68. The second-order valence-corrected chi connectivity index (χ2v) is 2.52. The van der Waals surface area contributed by atoms with E-state index in [0.29, 0.717) is 12.8 Å². The fourth-order valence-electron chi connectivity index (χ4n) is 1.13. The monoisotopic (exact) mass is 144 g/mol. The highest BCUT2D eigenvalue weighted by molar-refractivity contribution is 5.70. The minimum atomic E-state index is -0.121. The molecule has 0 aromatic rings. The minimum Gasteiger partial charge on any atom is -0.462 e. The molecular formula is C7H12O3. The van der Waals surface area contributed by atoms with Gasteiger partial charge in [0.25, 0.3) is 0 Å². The third-order valence-corrected chi connectivity index (χ3v) is 1.66. The van der Waals surface area contributed by atoms with Gasteiger partial charge in [-0.2, -0.15) is 0 Å². The van der Waals surface area contributed by atoms with Crippen LogP contribution in [0.4, 0.5) is 0 Å². The molecule has 0 spiro atoms. The fraction of sp³-hybridized carbons (Fsp3) is 0.857. The van der Waals surface area contributed by atoms with E-state index in [9.17, 15) is 4.79 Å². The molecule has 0 aromatic carbocycles. The molecule has 3 heteroatoms. The van der Waals surface area contributed by atoms with Crippen molar-refractivity contribution < 1.29 is 14.6 Å². The predicted molar refractivity (Wildman–Crippen MR) is 35.4 cm³/mol. The van der Waals surface area contributed by atoms with Crippen molar-refractivity contribution in [3.8, 4) is 0 Å². The number of aliphatic hydroxyl groups is 1. The van der Waals surface area contributed by atoms with Crippen molar-refractivity contribution in [1.29, 1.82) is 0 Å². The second kappa shape index (κ2) is 3.56. The molecule has 1 aliphatic rings. The van der Waals surface area contributed by atoms with Gasteiger partial charge in [0.15, 0.2) is 0 Å². The summed E-state index contributed by atoms with van der Waals surface area (Å²) >= 11 is 0. The van der Waals surface area contributed by atoms with Crippen LogP contribution in [-0.2, 0) is 9.53 Å². The van der Waals surface area contributed by atoms with Crippen LogP contribution in [0.2, 0.25) is 0 Å². The molecule has 0 bridgehead atoms. The lowest BCUT2D eigenvalue weighted by Crippen LogP contribution is -2.24. The van der Waals surface area contributed by atoms with E-state index in [1.165, 1.54) is 0 Å². The fourth-order valence-corrected chi connectivity index (χ4v) is 1.13. The van der Waals surface area contributed by atoms with Gasteiger partial charge in [0.1, 0.15) is 6.10 Å². The highest BCUT2D eigenvalue weighted by atomic mass is 16.5. The summed E-state index contributed by atoms with van der Waals surface area (Å²) in [5, 5.41) is 8.51. The Bertz CT molecular complexity index is 120. The number of ether oxygens (including phenoxy) is 1. The molecule has 58 valence electrons. The molecule has 1 heterocycles. The maximum atomic E-state index is 10.6. The average Bonchev–Trinajstić information content (AvgIpc) is 1.88. The van der Waals surface area contributed by atoms with E-state index in [1.807, 2.05) is 0 Å². The lowest BCUT2D eigenvalue weighted by molar-refractivity contribution is -0.154. The van der Waals surface area contributed by atoms with Crippen molar-refractivity contribution in [3.63, 3.8) is 0 Å². The zero-order chi connectivity index (χ0) is 7.40. The highest BCUT2D eigenvalue weighted by Crippen LogP contribution is 2.15. The van der Waals surface area contributed by atoms with Crippen molar-refractivity contribution in [2.75, 3.05) is 6.61 Å². The third kappa shape index (κ3) is 1.99. The molecular weight excluding hydrogens is 132 g/mol. The summed E-state index contributed by atoms with van der Waals surface area (Å²) < 4.78 is 4.93. The van der Waals surface area contributed by atoms with Crippen molar-refractivity contribution >= 4 is 5.97 Å². The topological polar surface area (TPSA) is 46.5 Å². The number of esters is 1. The number of hydrogen-bond acceptors (Lipinski definition) is 3. The Morgan fingerprint density at radius 2 is 2.50 bits per heavy atom. The first-order valence-electron chi connectivity index (χ1n) is 3.63. The maximum Gasteiger partial charge on any atom is 0.306 e. The number of carbonyl (C=O) groups excluding carboxylic acids is 1. The van der Waals surface area contributed by atoms with Gasteiger partial charge in [0.05, 0.1) is 0 Å². The molecule has 3 nitrogen and oxygen atoms in total. The van der Waals surface area contributed by atoms with E-state index in [2.05, 4.69) is 0 Å². The lowest BCUT2D eigenvalue weighted by Gasteiger charge is -2.20. The maximum absolute atomic E-state index is 10.6. The summed E-state index contributed by atoms with van der Waals surface area (Å²) in [6.07, 6.45) is 2.93. The molecule has 1 N–H and O–H groups in total. The van der Waals surface area contributed by atoms with Crippen LogP contribution in [0.3, 0.4) is 0 Å². The van der Waals surface area contributed by atoms with E-state index in [1.54, 1.807) is 0 Å². The zero-order valence-electron chi connectivity index (χ0n) is 5.88. The normalized spacial score (nSPS) is 26.1. The van der Waals surface area contributed by atoms with Crippen LogP contribution >= 0.6 is 0 Å². The molecule has 1 rings (SSSR count). The molecule has 1 unspecified atom stereocenters. The van der Waals surface area contributed by atoms with Gasteiger partial charge in [-0.05, 0) is 12.8 Å². The molecule has 1 aliphatic heterocycles. The number of rotatable bonds is 2. The van der Waals surface area contributed by atoms with Crippen LogP contribution in [0.1, 0.15) is 25.7 Å². The van der Waals surface area contributed by atoms with Gasteiger partial charge in [-0.25, -0.2) is 0 Å². The zero-order valence-corrected chi connectivity index (χ0v) is 5.88. The van der Waals surface area contributed by atoms with Crippen LogP contribution in [0.5, 0.6) is 0 Å². The Morgan fingerprint density at radius 3 is 3.10 bits per heavy atom. The summed E-state index contributed by atoms with van der Waals surface area (Å²) in [6.45, 7) is 0.109. The SMILES string of the molecule is O=C1CCCC(CCO)O1. The predicted octanol–water partition coefficient (Wildman–Crippen LogP) is 0.464. The molecule has 1 saturated heterocycles. The van der Waals surface area contributed by atoms with E-state index < -0.39 is 0 Å². The molecule has 1 fully saturated rings. The number of carbonyl (C=O) groups is 1. The first-order chi connectivity index (χ1) is 4.83. The summed E-state index contributed by atoms with van der Waals surface area (Å²) in [4.78, 5) is 10.6. The first-order valence-corrected chi connectivity index (χ1v) is 3.63. The Balaban J connectivity index is 2.25. The molecule has 1 atom stereocenters. The lowest BCUT2D eigenvalue weighted by atomic mass is 10.1. The van der Waals surface area contributed by atoms with E-state index in [-0.39, 0.29) is 18.7 Å². The number of hydrogen-bond donors (Lipinski definition) is 1. The van der Waals surface area contributed by atoms with Crippen LogP contribution in [0.15, 0.2) is 0 Å². The quantitative estimate of drug-likeness (QED) is 0.573. The Hall–Kier alpha value is -0.570. The van der Waals surface area contributed by atoms with E-state index >= 15 is 0 Å². The molecule has 0 aromatic heterocycles. The minimum absolute atomic E-state index is 0.0220. The van der Waals surface area contributed by atoms with Crippen molar-refractivity contribution in [2.45, 2.75) is 31.8 Å². The van der Waals surface area contributed by atoms with Gasteiger partial charge in [0, 0.05) is 19.4 Å². The van der Waals surface area contributed by atoms with Crippen LogP contribution < -0.4 is 0 Å². The van der Waals surface area contributed by atoms with Crippen LogP contribution in [-0.4, -0.2) is 23.8 Å². The van der Waals surface area contributed by atoms with E-state index in [0.717, 1.165) is 12.8 Å². The Morgan fingerprint density at radius 1 is 1.70 bits per heavy atom. The van der Waals surface area contributed by atoms with E-state index in [4.69, 9.17) is 9.84 Å². The summed E-state index contributed by atoms with van der Waals surface area (Å²) in [5.74, 6) is -0.121. The number of aliphatic hydroxyl groups excluding tert-OH is 1. The molecule has 0 amide bonds. The van der Waals surface area contributed by atoms with Crippen molar-refractivity contribution in [2.24, 2.45) is 0 Å². The van der Waals surface area contributed by atoms with Gasteiger partial charge >= 0.3 is 5.97 Å². The summed E-state index contributed by atoms with van der Waals surface area (Å²) in [5.41, 5.74) is 0. The summed E-state index contributed by atoms with van der Waals surface area (Å²) in [7, 11) is 0. The average molecular weight is 144 g/mol. The van der Waals surface area contributed by atoms with Crippen molar-refractivity contribution in [3.05, 3.63) is 0 Å². The van der Waals surface area contributed by atoms with Gasteiger partial charge in [0.2, 0.25) is 0 Å². The van der Waals surface area contributed by atoms with Crippen molar-refractivity contribution in [1.82, 2.24) is 0 Å². The second-order valence-electron chi connectivity index (χ2n) is 2.52.